The number of halogens is 4. The molecule has 0 aromatic heterocycles. The van der Waals surface area contributed by atoms with Gasteiger partial charge in [0.05, 0.1) is 6.54 Å². The van der Waals surface area contributed by atoms with Crippen molar-refractivity contribution >= 4 is 40.0 Å². The van der Waals surface area contributed by atoms with Crippen LogP contribution >= 0.6 is 24.0 Å². The Labute approximate surface area is 192 Å². The summed E-state index contributed by atoms with van der Waals surface area (Å²) >= 11 is 0. The van der Waals surface area contributed by atoms with Crippen LogP contribution in [0.3, 0.4) is 0 Å². The second kappa shape index (κ2) is 10.8. The molecule has 1 fully saturated rings. The number of phenolic OH excluding ortho intramolecular Hbond substituents is 1. The molecule has 0 atom stereocenters. The maximum absolute atomic E-state index is 12.7. The predicted octanol–water partition coefficient (Wildman–Crippen LogP) is 3.00. The molecule has 172 valence electrons. The van der Waals surface area contributed by atoms with Gasteiger partial charge < -0.3 is 15.7 Å². The van der Waals surface area contributed by atoms with Crippen molar-refractivity contribution in [1.82, 2.24) is 14.9 Å². The van der Waals surface area contributed by atoms with Gasteiger partial charge in [-0.2, -0.15) is 17.5 Å². The van der Waals surface area contributed by atoms with Gasteiger partial charge in [0.25, 0.3) is 0 Å². The Hall–Kier alpha value is -1.28. The van der Waals surface area contributed by atoms with Crippen LogP contribution < -0.4 is 10.6 Å². The van der Waals surface area contributed by atoms with Gasteiger partial charge in [-0.05, 0) is 50.3 Å². The summed E-state index contributed by atoms with van der Waals surface area (Å²) in [5, 5.41) is 16.1. The number of phenols is 1. The number of benzene rings is 1. The van der Waals surface area contributed by atoms with Crippen molar-refractivity contribution in [2.75, 3.05) is 19.6 Å². The van der Waals surface area contributed by atoms with Crippen molar-refractivity contribution in [3.63, 3.8) is 0 Å². The Morgan fingerprint density at radius 3 is 2.23 bits per heavy atom. The summed E-state index contributed by atoms with van der Waals surface area (Å²) in [6.07, 6.45) is 0.494. The van der Waals surface area contributed by atoms with E-state index in [2.05, 4.69) is 15.6 Å². The molecule has 0 aliphatic carbocycles. The molecule has 12 heteroatoms. The first-order valence-corrected chi connectivity index (χ1v) is 10.8. The zero-order valence-electron chi connectivity index (χ0n) is 17.1. The number of hydrogen-bond donors (Lipinski definition) is 3. The quantitative estimate of drug-likeness (QED) is 0.291. The normalized spacial score (nSPS) is 16.8. The molecule has 1 aliphatic heterocycles. The van der Waals surface area contributed by atoms with E-state index in [-0.39, 0.29) is 61.7 Å². The molecule has 0 spiro atoms. The monoisotopic (exact) mass is 564 g/mol. The molecule has 1 aromatic carbocycles. The van der Waals surface area contributed by atoms with Crippen LogP contribution in [0.1, 0.15) is 36.5 Å². The van der Waals surface area contributed by atoms with Crippen LogP contribution in [0, 0.1) is 13.8 Å². The van der Waals surface area contributed by atoms with Crippen LogP contribution in [0.4, 0.5) is 13.2 Å². The third-order valence-electron chi connectivity index (χ3n) is 4.74. The van der Waals surface area contributed by atoms with Gasteiger partial charge in [0.15, 0.2) is 5.96 Å². The molecule has 1 heterocycles. The van der Waals surface area contributed by atoms with E-state index < -0.39 is 15.5 Å². The van der Waals surface area contributed by atoms with Crippen molar-refractivity contribution in [3.05, 3.63) is 28.8 Å². The van der Waals surface area contributed by atoms with E-state index >= 15 is 0 Å². The third kappa shape index (κ3) is 6.61. The SMILES string of the molecule is CCNC(=NCc1cc(C)c(O)c(C)c1)NC1CCN(S(=O)(=O)C(F)(F)F)CC1.I. The molecule has 0 bridgehead atoms. The topological polar surface area (TPSA) is 94.0 Å². The van der Waals surface area contributed by atoms with Gasteiger partial charge in [0.2, 0.25) is 0 Å². The number of aryl methyl sites for hydroxylation is 2. The highest BCUT2D eigenvalue weighted by atomic mass is 127. The zero-order chi connectivity index (χ0) is 21.8. The first-order chi connectivity index (χ1) is 13.5. The summed E-state index contributed by atoms with van der Waals surface area (Å²) in [4.78, 5) is 4.50. The first-order valence-electron chi connectivity index (χ1n) is 9.36. The lowest BCUT2D eigenvalue weighted by Crippen LogP contribution is -2.51. The molecule has 0 saturated carbocycles. The lowest BCUT2D eigenvalue weighted by molar-refractivity contribution is -0.0494. The molecule has 0 unspecified atom stereocenters. The smallest absolute Gasteiger partial charge is 0.507 e. The second-order valence-corrected chi connectivity index (χ2v) is 8.97. The standard InChI is InChI=1S/C18H27F3N4O3S.HI/c1-4-22-17(23-11-14-9-12(2)16(26)13(3)10-14)24-15-5-7-25(8-6-15)29(27,28)18(19,20)21;/h9-10,15,26H,4-8,11H2,1-3H3,(H2,22,23,24);1H. The maximum atomic E-state index is 12.7. The van der Waals surface area contributed by atoms with E-state index in [0.717, 1.165) is 16.7 Å². The summed E-state index contributed by atoms with van der Waals surface area (Å²) in [6, 6.07) is 3.50. The molecule has 7 nitrogen and oxygen atoms in total. The van der Waals surface area contributed by atoms with Crippen molar-refractivity contribution in [1.29, 1.82) is 0 Å². The Balaban J connectivity index is 0.00000450. The van der Waals surface area contributed by atoms with Crippen molar-refractivity contribution in [3.8, 4) is 5.75 Å². The van der Waals surface area contributed by atoms with Crippen molar-refractivity contribution in [2.24, 2.45) is 4.99 Å². The van der Waals surface area contributed by atoms with E-state index in [1.807, 2.05) is 32.9 Å². The number of sulfonamides is 1. The number of rotatable bonds is 5. The Morgan fingerprint density at radius 1 is 1.23 bits per heavy atom. The average molecular weight is 564 g/mol. The van der Waals surface area contributed by atoms with Crippen LogP contribution in [-0.2, 0) is 16.6 Å². The summed E-state index contributed by atoms with van der Waals surface area (Å²) in [7, 11) is -5.28. The van der Waals surface area contributed by atoms with Crippen molar-refractivity contribution < 1.29 is 26.7 Å². The minimum Gasteiger partial charge on any atom is -0.507 e. The van der Waals surface area contributed by atoms with Crippen LogP contribution in [0.15, 0.2) is 17.1 Å². The van der Waals surface area contributed by atoms with Gasteiger partial charge >= 0.3 is 15.5 Å². The first kappa shape index (κ1) is 26.8. The van der Waals surface area contributed by atoms with Crippen LogP contribution in [0.5, 0.6) is 5.75 Å². The Kier molecular flexibility index (Phi) is 9.67. The molecule has 30 heavy (non-hydrogen) atoms. The number of aliphatic imine (C=N–C) groups is 1. The molecule has 1 aliphatic rings. The van der Waals surface area contributed by atoms with Gasteiger partial charge in [-0.1, -0.05) is 12.1 Å². The summed E-state index contributed by atoms with van der Waals surface area (Å²) < 4.78 is 61.5. The molecule has 0 amide bonds. The van der Waals surface area contributed by atoms with E-state index in [0.29, 0.717) is 23.4 Å². The van der Waals surface area contributed by atoms with Gasteiger partial charge in [0.1, 0.15) is 5.75 Å². The Bertz CT molecular complexity index is 832. The predicted molar refractivity (Wildman–Crippen MR) is 121 cm³/mol. The number of nitrogens with one attached hydrogen (secondary N) is 2. The molecular weight excluding hydrogens is 536 g/mol. The Morgan fingerprint density at radius 2 is 1.77 bits per heavy atom. The highest BCUT2D eigenvalue weighted by molar-refractivity contribution is 14.0. The summed E-state index contributed by atoms with van der Waals surface area (Å²) in [6.45, 7) is 6.07. The summed E-state index contributed by atoms with van der Waals surface area (Å²) in [5.41, 5.74) is -2.84. The highest BCUT2D eigenvalue weighted by Crippen LogP contribution is 2.29. The lowest BCUT2D eigenvalue weighted by Gasteiger charge is -2.32. The molecule has 1 aromatic rings. The third-order valence-corrected chi connectivity index (χ3v) is 6.37. The fourth-order valence-corrected chi connectivity index (χ4v) is 4.19. The summed E-state index contributed by atoms with van der Waals surface area (Å²) in [5.74, 6) is 0.760. The molecule has 3 N–H and O–H groups in total. The van der Waals surface area contributed by atoms with E-state index in [1.54, 1.807) is 0 Å². The highest BCUT2D eigenvalue weighted by Gasteiger charge is 2.50. The van der Waals surface area contributed by atoms with E-state index in [4.69, 9.17) is 0 Å². The molecule has 1 saturated heterocycles. The largest absolute Gasteiger partial charge is 0.511 e. The van der Waals surface area contributed by atoms with Crippen molar-refractivity contribution in [2.45, 2.75) is 51.7 Å². The fraction of sp³-hybridized carbons (Fsp3) is 0.611. The van der Waals surface area contributed by atoms with Gasteiger partial charge in [-0.15, -0.1) is 24.0 Å². The number of hydrogen-bond acceptors (Lipinski definition) is 4. The van der Waals surface area contributed by atoms with Crippen LogP contribution in [0.25, 0.3) is 0 Å². The number of alkyl halides is 3. The number of nitrogens with zero attached hydrogens (tertiary/aromatic N) is 2. The van der Waals surface area contributed by atoms with Gasteiger partial charge in [-0.25, -0.2) is 13.4 Å². The van der Waals surface area contributed by atoms with Crippen LogP contribution in [-0.4, -0.2) is 55.0 Å². The average Bonchev–Trinajstić information content (AvgIpc) is 2.63. The number of aromatic hydroxyl groups is 1. The van der Waals surface area contributed by atoms with Crippen LogP contribution in [0.2, 0.25) is 0 Å². The van der Waals surface area contributed by atoms with Gasteiger partial charge in [0, 0.05) is 25.7 Å². The van der Waals surface area contributed by atoms with E-state index in [9.17, 15) is 26.7 Å². The molecule has 0 radical (unpaired) electrons. The molecular formula is C18H28F3IN4O3S. The number of guanidine groups is 1. The molecule has 2 rings (SSSR count). The number of piperidine rings is 1. The lowest BCUT2D eigenvalue weighted by atomic mass is 10.1. The zero-order valence-corrected chi connectivity index (χ0v) is 20.2. The fourth-order valence-electron chi connectivity index (χ4n) is 3.21. The van der Waals surface area contributed by atoms with Gasteiger partial charge in [-0.3, -0.25) is 0 Å². The second-order valence-electron chi connectivity index (χ2n) is 7.04. The minimum absolute atomic E-state index is 0. The minimum atomic E-state index is -5.28. The maximum Gasteiger partial charge on any atom is 0.511 e. The van der Waals surface area contributed by atoms with E-state index in [1.165, 1.54) is 0 Å².